The molecule has 0 aromatic carbocycles. The minimum absolute atomic E-state index is 0.162. The van der Waals surface area contributed by atoms with Crippen LogP contribution in [0, 0.1) is 26.2 Å². The first kappa shape index (κ1) is 14.5. The van der Waals surface area contributed by atoms with Crippen LogP contribution in [0.5, 0.6) is 0 Å². The summed E-state index contributed by atoms with van der Waals surface area (Å²) in [5, 5.41) is 1.18. The third-order valence-corrected chi connectivity index (χ3v) is 4.62. The summed E-state index contributed by atoms with van der Waals surface area (Å²) in [5.41, 5.74) is 9.29. The highest BCUT2D eigenvalue weighted by Crippen LogP contribution is 2.33. The average Bonchev–Trinajstić information content (AvgIpc) is 2.20. The Hall–Kier alpha value is -0.610. The summed E-state index contributed by atoms with van der Waals surface area (Å²) in [6, 6.07) is 0. The van der Waals surface area contributed by atoms with Crippen LogP contribution in [-0.4, -0.2) is 21.8 Å². The first-order valence-electron chi connectivity index (χ1n) is 5.94. The van der Waals surface area contributed by atoms with E-state index in [0.717, 1.165) is 16.5 Å². The second-order valence-electron chi connectivity index (χ2n) is 5.51. The van der Waals surface area contributed by atoms with Crippen LogP contribution < -0.4 is 5.73 Å². The maximum Gasteiger partial charge on any atom is 0.188 e. The van der Waals surface area contributed by atoms with E-state index in [1.165, 1.54) is 5.56 Å². The summed E-state index contributed by atoms with van der Waals surface area (Å²) in [6.07, 6.45) is 0. The minimum atomic E-state index is 0.162. The number of hydrogen-bond donors (Lipinski definition) is 1. The number of aromatic nitrogens is 2. The Morgan fingerprint density at radius 1 is 1.12 bits per heavy atom. The zero-order valence-corrected chi connectivity index (χ0v) is 12.5. The fraction of sp³-hybridized carbons (Fsp3) is 0.692. The molecule has 0 aliphatic carbocycles. The van der Waals surface area contributed by atoms with Gasteiger partial charge in [-0.05, 0) is 31.7 Å². The minimum Gasteiger partial charge on any atom is -0.329 e. The van der Waals surface area contributed by atoms with Crippen LogP contribution in [0.1, 0.15) is 37.7 Å². The number of nitrogens with two attached hydrogens (primary N) is 1. The molecule has 0 aliphatic heterocycles. The Morgan fingerprint density at radius 3 is 1.94 bits per heavy atom. The van der Waals surface area contributed by atoms with Gasteiger partial charge < -0.3 is 5.73 Å². The molecule has 4 heteroatoms. The van der Waals surface area contributed by atoms with Gasteiger partial charge in [0.25, 0.3) is 0 Å². The third-order valence-electron chi connectivity index (χ3n) is 3.04. The van der Waals surface area contributed by atoms with E-state index in [1.807, 2.05) is 13.8 Å². The molecule has 2 N–H and O–H groups in total. The highest BCUT2D eigenvalue weighted by molar-refractivity contribution is 7.99. The third kappa shape index (κ3) is 3.68. The van der Waals surface area contributed by atoms with Crippen molar-refractivity contribution in [2.75, 3.05) is 6.54 Å². The van der Waals surface area contributed by atoms with E-state index in [9.17, 15) is 0 Å². The SMILES string of the molecule is Cc1nc(SC(CN)C(C)(C)C)nc(C)c1C. The fourth-order valence-electron chi connectivity index (χ4n) is 1.50. The quantitative estimate of drug-likeness (QED) is 0.665. The largest absolute Gasteiger partial charge is 0.329 e. The molecular weight excluding hydrogens is 230 g/mol. The first-order valence-corrected chi connectivity index (χ1v) is 6.82. The number of aryl methyl sites for hydroxylation is 2. The lowest BCUT2D eigenvalue weighted by Gasteiger charge is -2.28. The second kappa shape index (κ2) is 5.36. The number of thioether (sulfide) groups is 1. The van der Waals surface area contributed by atoms with Gasteiger partial charge in [0.15, 0.2) is 5.16 Å². The van der Waals surface area contributed by atoms with Crippen LogP contribution in [0.2, 0.25) is 0 Å². The van der Waals surface area contributed by atoms with E-state index in [4.69, 9.17) is 5.73 Å². The Kier molecular flexibility index (Phi) is 4.55. The summed E-state index contributed by atoms with van der Waals surface area (Å²) < 4.78 is 0. The fourth-order valence-corrected chi connectivity index (χ4v) is 2.58. The van der Waals surface area contributed by atoms with E-state index >= 15 is 0 Å². The molecule has 1 unspecified atom stereocenters. The van der Waals surface area contributed by atoms with Gasteiger partial charge in [-0.2, -0.15) is 0 Å². The maximum absolute atomic E-state index is 5.84. The smallest absolute Gasteiger partial charge is 0.188 e. The Labute approximate surface area is 109 Å². The van der Waals surface area contributed by atoms with Gasteiger partial charge in [0.2, 0.25) is 0 Å². The highest BCUT2D eigenvalue weighted by Gasteiger charge is 2.25. The Balaban J connectivity index is 2.95. The van der Waals surface area contributed by atoms with Crippen molar-refractivity contribution in [2.24, 2.45) is 11.1 Å². The van der Waals surface area contributed by atoms with Crippen molar-refractivity contribution in [3.05, 3.63) is 17.0 Å². The lowest BCUT2D eigenvalue weighted by molar-refractivity contribution is 0.398. The molecule has 1 aromatic heterocycles. The number of nitrogens with zero attached hydrogens (tertiary/aromatic N) is 2. The van der Waals surface area contributed by atoms with Crippen LogP contribution in [0.4, 0.5) is 0 Å². The molecule has 0 amide bonds. The van der Waals surface area contributed by atoms with Crippen molar-refractivity contribution >= 4 is 11.8 Å². The first-order chi connectivity index (χ1) is 7.75. The Morgan fingerprint density at radius 2 is 1.59 bits per heavy atom. The summed E-state index contributed by atoms with van der Waals surface area (Å²) in [5.74, 6) is 0. The van der Waals surface area contributed by atoms with Crippen LogP contribution in [0.15, 0.2) is 5.16 Å². The van der Waals surface area contributed by atoms with Crippen molar-refractivity contribution in [3.63, 3.8) is 0 Å². The van der Waals surface area contributed by atoms with Gasteiger partial charge in [0, 0.05) is 23.2 Å². The van der Waals surface area contributed by atoms with Crippen LogP contribution >= 0.6 is 11.8 Å². The maximum atomic E-state index is 5.84. The zero-order valence-electron chi connectivity index (χ0n) is 11.7. The molecule has 1 aromatic rings. The summed E-state index contributed by atoms with van der Waals surface area (Å²) >= 11 is 1.69. The van der Waals surface area contributed by atoms with Crippen molar-refractivity contribution in [2.45, 2.75) is 51.9 Å². The lowest BCUT2D eigenvalue weighted by Crippen LogP contribution is -2.31. The van der Waals surface area contributed by atoms with Crippen LogP contribution in [0.3, 0.4) is 0 Å². The molecule has 0 bridgehead atoms. The van der Waals surface area contributed by atoms with Gasteiger partial charge in [-0.25, -0.2) is 9.97 Å². The lowest BCUT2D eigenvalue weighted by atomic mass is 9.92. The summed E-state index contributed by atoms with van der Waals surface area (Å²) in [4.78, 5) is 9.06. The van der Waals surface area contributed by atoms with Gasteiger partial charge in [-0.3, -0.25) is 0 Å². The van der Waals surface area contributed by atoms with Gasteiger partial charge in [0.05, 0.1) is 0 Å². The van der Waals surface area contributed by atoms with Crippen molar-refractivity contribution in [3.8, 4) is 0 Å². The molecule has 0 spiro atoms. The summed E-state index contributed by atoms with van der Waals surface area (Å²) in [7, 11) is 0. The molecule has 3 nitrogen and oxygen atoms in total. The molecule has 0 saturated carbocycles. The van der Waals surface area contributed by atoms with E-state index in [-0.39, 0.29) is 5.41 Å². The molecule has 1 rings (SSSR count). The van der Waals surface area contributed by atoms with E-state index in [0.29, 0.717) is 11.8 Å². The monoisotopic (exact) mass is 253 g/mol. The predicted octanol–water partition coefficient (Wildman–Crippen LogP) is 2.87. The molecule has 0 radical (unpaired) electrons. The molecule has 96 valence electrons. The standard InChI is InChI=1S/C13H23N3S/c1-8-9(2)15-12(16-10(8)3)17-11(7-14)13(4,5)6/h11H,7,14H2,1-6H3. The Bertz CT molecular complexity index is 373. The molecule has 17 heavy (non-hydrogen) atoms. The molecule has 1 heterocycles. The normalized spacial score (nSPS) is 13.8. The molecule has 0 saturated heterocycles. The number of rotatable bonds is 3. The van der Waals surface area contributed by atoms with Gasteiger partial charge in [0.1, 0.15) is 0 Å². The zero-order chi connectivity index (χ0) is 13.2. The van der Waals surface area contributed by atoms with Crippen molar-refractivity contribution < 1.29 is 0 Å². The van der Waals surface area contributed by atoms with E-state index in [1.54, 1.807) is 11.8 Å². The average molecular weight is 253 g/mol. The number of hydrogen-bond acceptors (Lipinski definition) is 4. The summed E-state index contributed by atoms with van der Waals surface area (Å²) in [6.45, 7) is 13.4. The second-order valence-corrected chi connectivity index (χ2v) is 6.68. The van der Waals surface area contributed by atoms with Crippen LogP contribution in [0.25, 0.3) is 0 Å². The molecule has 0 aliphatic rings. The van der Waals surface area contributed by atoms with Gasteiger partial charge >= 0.3 is 0 Å². The highest BCUT2D eigenvalue weighted by atomic mass is 32.2. The van der Waals surface area contributed by atoms with E-state index < -0.39 is 0 Å². The van der Waals surface area contributed by atoms with Crippen LogP contribution in [-0.2, 0) is 0 Å². The van der Waals surface area contributed by atoms with Gasteiger partial charge in [-0.15, -0.1) is 0 Å². The van der Waals surface area contributed by atoms with Crippen molar-refractivity contribution in [1.29, 1.82) is 0 Å². The molecule has 0 fully saturated rings. The van der Waals surface area contributed by atoms with E-state index in [2.05, 4.69) is 37.7 Å². The molecular formula is C13H23N3S. The predicted molar refractivity (Wildman–Crippen MR) is 74.4 cm³/mol. The van der Waals surface area contributed by atoms with Gasteiger partial charge in [-0.1, -0.05) is 32.5 Å². The molecule has 1 atom stereocenters. The topological polar surface area (TPSA) is 51.8 Å². The van der Waals surface area contributed by atoms with Crippen molar-refractivity contribution in [1.82, 2.24) is 9.97 Å².